The molecule has 0 aliphatic heterocycles. The molecule has 0 spiro atoms. The first-order valence-corrected chi connectivity index (χ1v) is 10.9. The van der Waals surface area contributed by atoms with Gasteiger partial charge in [0, 0.05) is 36.5 Å². The molecule has 2 amide bonds. The molecule has 2 heterocycles. The highest BCUT2D eigenvalue weighted by molar-refractivity contribution is 6.02. The molecule has 0 bridgehead atoms. The van der Waals surface area contributed by atoms with Crippen LogP contribution >= 0.6 is 0 Å². The van der Waals surface area contributed by atoms with Crippen LogP contribution < -0.4 is 10.6 Å². The van der Waals surface area contributed by atoms with E-state index in [1.165, 1.54) is 0 Å². The molecule has 3 atom stereocenters. The number of anilines is 1. The van der Waals surface area contributed by atoms with E-state index in [0.717, 1.165) is 44.3 Å². The van der Waals surface area contributed by atoms with Crippen LogP contribution in [0.5, 0.6) is 0 Å². The van der Waals surface area contributed by atoms with Crippen LogP contribution in [0.3, 0.4) is 0 Å². The zero-order valence-corrected chi connectivity index (χ0v) is 18.5. The third-order valence-corrected chi connectivity index (χ3v) is 5.97. The number of carbonyl (C=O) groups is 2. The number of aromatic nitrogens is 4. The smallest absolute Gasteiger partial charge is 0.404 e. The van der Waals surface area contributed by atoms with Crippen LogP contribution in [-0.4, -0.2) is 68.7 Å². The van der Waals surface area contributed by atoms with Crippen LogP contribution in [0.4, 0.5) is 10.6 Å². The van der Waals surface area contributed by atoms with Crippen molar-refractivity contribution in [3.05, 3.63) is 29.7 Å². The highest BCUT2D eigenvalue weighted by Gasteiger charge is 2.29. The van der Waals surface area contributed by atoms with Gasteiger partial charge < -0.3 is 20.6 Å². The number of nitrogens with one attached hydrogen (secondary N) is 3. The monoisotopic (exact) mass is 431 g/mol. The number of aromatic amines is 1. The molecule has 1 fully saturated rings. The third kappa shape index (κ3) is 6.30. The number of rotatable bonds is 10. The van der Waals surface area contributed by atoms with Gasteiger partial charge in [0.25, 0.3) is 5.91 Å². The number of H-pyrrole nitrogens is 1. The van der Waals surface area contributed by atoms with Gasteiger partial charge in [-0.1, -0.05) is 6.92 Å². The van der Waals surface area contributed by atoms with Crippen molar-refractivity contribution < 1.29 is 14.7 Å². The molecule has 1 aliphatic rings. The predicted octanol–water partition coefficient (Wildman–Crippen LogP) is 2.74. The van der Waals surface area contributed by atoms with Gasteiger partial charge in [0.2, 0.25) is 0 Å². The Bertz CT molecular complexity index is 876. The molecular formula is C21H33N7O3. The molecular weight excluding hydrogens is 398 g/mol. The van der Waals surface area contributed by atoms with E-state index in [4.69, 9.17) is 5.11 Å². The Labute approximate surface area is 182 Å². The lowest BCUT2D eigenvalue weighted by atomic mass is 9.95. The second-order valence-electron chi connectivity index (χ2n) is 8.57. The second-order valence-corrected chi connectivity index (χ2v) is 8.57. The maximum Gasteiger partial charge on any atom is 0.404 e. The Morgan fingerprint density at radius 1 is 1.39 bits per heavy atom. The molecule has 3 rings (SSSR count). The van der Waals surface area contributed by atoms with Crippen molar-refractivity contribution >= 4 is 17.8 Å². The molecule has 1 saturated carbocycles. The maximum absolute atomic E-state index is 12.7. The zero-order chi connectivity index (χ0) is 22.4. The van der Waals surface area contributed by atoms with Crippen LogP contribution in [0.1, 0.15) is 61.1 Å². The van der Waals surface area contributed by atoms with Crippen molar-refractivity contribution in [2.45, 2.75) is 57.5 Å². The number of amides is 2. The van der Waals surface area contributed by atoms with Gasteiger partial charge in [0.05, 0.1) is 6.54 Å². The van der Waals surface area contributed by atoms with E-state index in [2.05, 4.69) is 25.9 Å². The fraction of sp³-hybridized carbons (Fsp3) is 0.619. The van der Waals surface area contributed by atoms with Crippen molar-refractivity contribution in [3.8, 4) is 0 Å². The fourth-order valence-corrected chi connectivity index (χ4v) is 4.26. The quantitative estimate of drug-likeness (QED) is 0.458. The summed E-state index contributed by atoms with van der Waals surface area (Å²) in [4.78, 5) is 25.6. The van der Waals surface area contributed by atoms with E-state index < -0.39 is 6.09 Å². The molecule has 3 unspecified atom stereocenters. The lowest BCUT2D eigenvalue weighted by molar-refractivity contribution is 0.101. The second kappa shape index (κ2) is 10.4. The zero-order valence-electron chi connectivity index (χ0n) is 18.5. The average Bonchev–Trinajstić information content (AvgIpc) is 3.45. The lowest BCUT2D eigenvalue weighted by Crippen LogP contribution is -2.34. The minimum Gasteiger partial charge on any atom is -0.465 e. The number of hydrogen-bond acceptors (Lipinski definition) is 5. The predicted molar refractivity (Wildman–Crippen MR) is 117 cm³/mol. The van der Waals surface area contributed by atoms with Gasteiger partial charge in [-0.25, -0.2) is 4.79 Å². The van der Waals surface area contributed by atoms with E-state index in [1.54, 1.807) is 16.9 Å². The fourth-order valence-electron chi connectivity index (χ4n) is 4.26. The minimum absolute atomic E-state index is 0.00443. The van der Waals surface area contributed by atoms with E-state index in [0.29, 0.717) is 29.9 Å². The molecule has 2 aromatic rings. The Kier molecular flexibility index (Phi) is 7.67. The van der Waals surface area contributed by atoms with E-state index in [-0.39, 0.29) is 11.9 Å². The number of carbonyl (C=O) groups excluding carboxylic acids is 1. The molecule has 0 aromatic carbocycles. The molecule has 2 aromatic heterocycles. The first kappa shape index (κ1) is 22.8. The summed E-state index contributed by atoms with van der Waals surface area (Å²) in [6.07, 6.45) is 5.40. The van der Waals surface area contributed by atoms with Crippen LogP contribution in [0, 0.1) is 5.92 Å². The molecule has 10 nitrogen and oxygen atoms in total. The highest BCUT2D eigenvalue weighted by Crippen LogP contribution is 2.40. The van der Waals surface area contributed by atoms with Crippen molar-refractivity contribution in [2.24, 2.45) is 5.92 Å². The summed E-state index contributed by atoms with van der Waals surface area (Å²) in [7, 11) is 3.96. The Hall–Kier alpha value is -2.88. The molecule has 0 radical (unpaired) electrons. The minimum atomic E-state index is -0.960. The molecule has 170 valence electrons. The summed E-state index contributed by atoms with van der Waals surface area (Å²) >= 11 is 0. The van der Waals surface area contributed by atoms with Crippen molar-refractivity contribution in [3.63, 3.8) is 0 Å². The third-order valence-electron chi connectivity index (χ3n) is 5.97. The first-order valence-electron chi connectivity index (χ1n) is 10.9. The van der Waals surface area contributed by atoms with E-state index in [9.17, 15) is 9.59 Å². The summed E-state index contributed by atoms with van der Waals surface area (Å²) in [6, 6.07) is 3.60. The summed E-state index contributed by atoms with van der Waals surface area (Å²) in [5, 5.41) is 26.0. The van der Waals surface area contributed by atoms with Crippen molar-refractivity contribution in [2.75, 3.05) is 26.0 Å². The molecule has 0 saturated heterocycles. The molecule has 31 heavy (non-hydrogen) atoms. The molecule has 4 N–H and O–H groups in total. The number of likely N-dealkylation sites (N-methyl/N-ethyl adjacent to an activating group) is 1. The Balaban J connectivity index is 1.54. The summed E-state index contributed by atoms with van der Waals surface area (Å²) in [6.45, 7) is 3.43. The summed E-state index contributed by atoms with van der Waals surface area (Å²) < 4.78 is 1.69. The van der Waals surface area contributed by atoms with Gasteiger partial charge in [-0.2, -0.15) is 10.2 Å². The Morgan fingerprint density at radius 3 is 2.90 bits per heavy atom. The SMILES string of the molecule is CCC(CC1CCC(c2cc(NC(=O)c3ccnn3CCN(C)C)n[nH]2)C1)NC(=O)O. The van der Waals surface area contributed by atoms with Gasteiger partial charge in [0.15, 0.2) is 5.82 Å². The lowest BCUT2D eigenvalue weighted by Gasteiger charge is -2.19. The van der Waals surface area contributed by atoms with Crippen LogP contribution in [-0.2, 0) is 6.54 Å². The molecule has 1 aliphatic carbocycles. The van der Waals surface area contributed by atoms with Gasteiger partial charge >= 0.3 is 6.09 Å². The number of hydrogen-bond donors (Lipinski definition) is 4. The number of carboxylic acid groups (broad SMARTS) is 1. The highest BCUT2D eigenvalue weighted by atomic mass is 16.4. The Morgan fingerprint density at radius 2 is 2.19 bits per heavy atom. The van der Waals surface area contributed by atoms with Gasteiger partial charge in [0.1, 0.15) is 5.69 Å². The van der Waals surface area contributed by atoms with Crippen LogP contribution in [0.2, 0.25) is 0 Å². The number of nitrogens with zero attached hydrogens (tertiary/aromatic N) is 4. The van der Waals surface area contributed by atoms with Gasteiger partial charge in [-0.15, -0.1) is 0 Å². The van der Waals surface area contributed by atoms with Gasteiger partial charge in [-0.3, -0.25) is 14.6 Å². The summed E-state index contributed by atoms with van der Waals surface area (Å²) in [5.41, 5.74) is 1.52. The molecule has 10 heteroatoms. The average molecular weight is 432 g/mol. The van der Waals surface area contributed by atoms with Gasteiger partial charge in [-0.05, 0) is 58.2 Å². The normalized spacial score (nSPS) is 19.5. The largest absolute Gasteiger partial charge is 0.465 e. The topological polar surface area (TPSA) is 128 Å². The standard InChI is InChI=1S/C21H33N7O3/c1-4-16(23-21(30)31)12-14-5-6-15(11-14)17-13-19(26-25-17)24-20(29)18-7-8-22-28(18)10-9-27(2)3/h7-8,13-16,23H,4-6,9-12H2,1-3H3,(H,30,31)(H2,24,25,26,29). The maximum atomic E-state index is 12.7. The van der Waals surface area contributed by atoms with Crippen LogP contribution in [0.25, 0.3) is 0 Å². The van der Waals surface area contributed by atoms with Crippen molar-refractivity contribution in [1.82, 2.24) is 30.2 Å². The van der Waals surface area contributed by atoms with E-state index in [1.807, 2.05) is 32.0 Å². The van der Waals surface area contributed by atoms with E-state index >= 15 is 0 Å². The first-order chi connectivity index (χ1) is 14.9. The van der Waals surface area contributed by atoms with Crippen molar-refractivity contribution in [1.29, 1.82) is 0 Å². The van der Waals surface area contributed by atoms with Crippen LogP contribution in [0.15, 0.2) is 18.3 Å². The summed E-state index contributed by atoms with van der Waals surface area (Å²) in [5.74, 6) is 1.09.